The third kappa shape index (κ3) is 5.80. The van der Waals surface area contributed by atoms with Crippen molar-refractivity contribution >= 4 is 33.9 Å². The van der Waals surface area contributed by atoms with Gasteiger partial charge in [-0.2, -0.15) is 0 Å². The number of nitrogens with zero attached hydrogens (tertiary/aromatic N) is 6. The van der Waals surface area contributed by atoms with E-state index in [0.29, 0.717) is 47.0 Å². The number of nitro groups is 1. The summed E-state index contributed by atoms with van der Waals surface area (Å²) in [5.74, 6) is 0.555. The number of ether oxygens (including phenoxy) is 1. The second-order valence-corrected chi connectivity index (χ2v) is 9.02. The minimum absolute atomic E-state index is 0.0965. The van der Waals surface area contributed by atoms with Crippen molar-refractivity contribution < 1.29 is 18.4 Å². The molecule has 2 aromatic carbocycles. The van der Waals surface area contributed by atoms with E-state index in [9.17, 15) is 18.9 Å². The first-order valence-electron chi connectivity index (χ1n) is 11.9. The smallest absolute Gasteiger partial charge is 0.294 e. The number of nitrogens with one attached hydrogen (secondary N) is 1. The van der Waals surface area contributed by atoms with Crippen LogP contribution in [0.3, 0.4) is 0 Å². The van der Waals surface area contributed by atoms with Crippen LogP contribution in [-0.4, -0.2) is 72.1 Å². The number of rotatable bonds is 11. The molecule has 12 heteroatoms. The van der Waals surface area contributed by atoms with Crippen LogP contribution in [0.2, 0.25) is 0 Å². The Morgan fingerprint density at radius 1 is 1.16 bits per heavy atom. The highest BCUT2D eigenvalue weighted by molar-refractivity contribution is 5.95. The van der Waals surface area contributed by atoms with Crippen LogP contribution in [0.25, 0.3) is 22.2 Å². The Kier molecular flexibility index (Phi) is 8.01. The van der Waals surface area contributed by atoms with Crippen LogP contribution in [0.4, 0.5) is 31.8 Å². The number of likely N-dealkylation sites (N-methyl/N-ethyl adjacent to an activating group) is 2. The molecule has 0 unspecified atom stereocenters. The van der Waals surface area contributed by atoms with E-state index in [1.165, 1.54) is 23.9 Å². The molecule has 0 aliphatic carbocycles. The first-order valence-corrected chi connectivity index (χ1v) is 11.9. The molecule has 0 spiro atoms. The van der Waals surface area contributed by atoms with Crippen LogP contribution in [0.1, 0.15) is 0 Å². The van der Waals surface area contributed by atoms with Gasteiger partial charge in [-0.25, -0.2) is 18.7 Å². The van der Waals surface area contributed by atoms with Crippen molar-refractivity contribution in [1.29, 1.82) is 0 Å². The van der Waals surface area contributed by atoms with E-state index in [1.807, 2.05) is 31.1 Å². The van der Waals surface area contributed by atoms with Gasteiger partial charge in [0.1, 0.15) is 11.4 Å². The molecule has 10 nitrogen and oxygen atoms in total. The van der Waals surface area contributed by atoms with Crippen molar-refractivity contribution in [2.45, 2.75) is 13.0 Å². The highest BCUT2D eigenvalue weighted by Gasteiger charge is 2.23. The number of methoxy groups -OCH3 is 1. The molecule has 0 amide bonds. The normalized spacial score (nSPS) is 11.4. The maximum atomic E-state index is 13.2. The SMILES string of the molecule is COc1cc(N(C)CCN(C)C)c([N+](=O)[O-])cc1Nc1nccc(-c2cn(CC(F)F)c3ccccc23)n1. The fourth-order valence-electron chi connectivity index (χ4n) is 4.19. The number of nitro benzene ring substituents is 1. The zero-order valence-corrected chi connectivity index (χ0v) is 21.6. The van der Waals surface area contributed by atoms with Crippen molar-refractivity contribution in [2.24, 2.45) is 0 Å². The molecule has 1 N–H and O–H groups in total. The highest BCUT2D eigenvalue weighted by atomic mass is 19.3. The molecule has 0 bridgehead atoms. The van der Waals surface area contributed by atoms with Crippen molar-refractivity contribution in [2.75, 3.05) is 51.6 Å². The zero-order chi connectivity index (χ0) is 27.4. The summed E-state index contributed by atoms with van der Waals surface area (Å²) in [6, 6.07) is 11.9. The van der Waals surface area contributed by atoms with E-state index in [0.717, 1.165) is 5.39 Å². The topological polar surface area (TPSA) is 102 Å². The molecule has 200 valence electrons. The number of benzene rings is 2. The van der Waals surface area contributed by atoms with Crippen molar-refractivity contribution in [3.63, 3.8) is 0 Å². The Bertz CT molecular complexity index is 1440. The van der Waals surface area contributed by atoms with Gasteiger partial charge in [0.05, 0.1) is 30.0 Å². The summed E-state index contributed by atoms with van der Waals surface area (Å²) in [6.45, 7) is 0.853. The maximum absolute atomic E-state index is 13.2. The number of fused-ring (bicyclic) bond motifs is 1. The molecule has 2 aromatic heterocycles. The Morgan fingerprint density at radius 2 is 1.92 bits per heavy atom. The van der Waals surface area contributed by atoms with Crippen LogP contribution in [-0.2, 0) is 6.54 Å². The molecular formula is C26H29F2N7O3. The zero-order valence-electron chi connectivity index (χ0n) is 21.6. The lowest BCUT2D eigenvalue weighted by atomic mass is 10.1. The minimum Gasteiger partial charge on any atom is -0.494 e. The van der Waals surface area contributed by atoms with Crippen molar-refractivity contribution in [3.8, 4) is 17.0 Å². The number of hydrogen-bond donors (Lipinski definition) is 1. The first-order chi connectivity index (χ1) is 18.2. The second-order valence-electron chi connectivity index (χ2n) is 9.02. The first kappa shape index (κ1) is 26.7. The van der Waals surface area contributed by atoms with Crippen molar-refractivity contribution in [3.05, 3.63) is 65.0 Å². The lowest BCUT2D eigenvalue weighted by molar-refractivity contribution is -0.384. The molecule has 38 heavy (non-hydrogen) atoms. The third-order valence-corrected chi connectivity index (χ3v) is 6.09. The Hall–Kier alpha value is -4.32. The molecule has 0 aliphatic heterocycles. The number of halogens is 2. The lowest BCUT2D eigenvalue weighted by Crippen LogP contribution is -2.28. The minimum atomic E-state index is -2.51. The summed E-state index contributed by atoms with van der Waals surface area (Å²) < 4.78 is 33.4. The van der Waals surface area contributed by atoms with Crippen LogP contribution in [0.5, 0.6) is 5.75 Å². The molecule has 4 aromatic rings. The molecular weight excluding hydrogens is 496 g/mol. The summed E-state index contributed by atoms with van der Waals surface area (Å²) in [6.07, 6.45) is 0.676. The second kappa shape index (κ2) is 11.4. The number of aromatic nitrogens is 3. The number of anilines is 3. The molecule has 0 radical (unpaired) electrons. The molecule has 0 saturated carbocycles. The van der Waals surface area contributed by atoms with Gasteiger partial charge in [0.2, 0.25) is 5.95 Å². The molecule has 2 heterocycles. The molecule has 0 saturated heterocycles. The Morgan fingerprint density at radius 3 is 2.61 bits per heavy atom. The monoisotopic (exact) mass is 525 g/mol. The molecule has 0 atom stereocenters. The van der Waals surface area contributed by atoms with Gasteiger partial charge < -0.3 is 24.4 Å². The highest BCUT2D eigenvalue weighted by Crippen LogP contribution is 2.39. The summed E-state index contributed by atoms with van der Waals surface area (Å²) >= 11 is 0. The van der Waals surface area contributed by atoms with Crippen LogP contribution >= 0.6 is 0 Å². The standard InChI is InChI=1S/C26H29F2N7O3/c1-32(2)11-12-33(3)22-14-24(38-4)20(13-23(22)35(36)37)31-26-29-10-9-19(30-26)18-15-34(16-25(27)28)21-8-6-5-7-17(18)21/h5-10,13-15,25H,11-12,16H2,1-4H3,(H,29,30,31). The summed E-state index contributed by atoms with van der Waals surface area (Å²) in [5.41, 5.74) is 2.49. The summed E-state index contributed by atoms with van der Waals surface area (Å²) in [5, 5.41) is 15.7. The predicted molar refractivity (Wildman–Crippen MR) is 144 cm³/mol. The van der Waals surface area contributed by atoms with Crippen LogP contribution in [0.15, 0.2) is 54.9 Å². The average molecular weight is 526 g/mol. The molecule has 0 fully saturated rings. The van der Waals surface area contributed by atoms with Gasteiger partial charge in [-0.3, -0.25) is 10.1 Å². The Labute approximate surface area is 218 Å². The molecule has 0 aliphatic rings. The fourth-order valence-corrected chi connectivity index (χ4v) is 4.19. The van der Waals surface area contributed by atoms with Crippen LogP contribution in [0, 0.1) is 10.1 Å². The molecule has 4 rings (SSSR count). The van der Waals surface area contributed by atoms with E-state index in [2.05, 4.69) is 15.3 Å². The van der Waals surface area contributed by atoms with E-state index < -0.39 is 17.9 Å². The maximum Gasteiger partial charge on any atom is 0.294 e. The van der Waals surface area contributed by atoms with Crippen LogP contribution < -0.4 is 15.0 Å². The summed E-state index contributed by atoms with van der Waals surface area (Å²) in [7, 11) is 7.13. The number of alkyl halides is 2. The van der Waals surface area contributed by atoms with Crippen molar-refractivity contribution in [1.82, 2.24) is 19.4 Å². The average Bonchev–Trinajstić information content (AvgIpc) is 3.25. The van der Waals surface area contributed by atoms with Gasteiger partial charge in [-0.15, -0.1) is 0 Å². The third-order valence-electron chi connectivity index (χ3n) is 6.09. The predicted octanol–water partition coefficient (Wildman–Crippen LogP) is 5.02. The number of para-hydroxylation sites is 1. The van der Waals surface area contributed by atoms with E-state index in [1.54, 1.807) is 42.4 Å². The van der Waals surface area contributed by atoms with Gasteiger partial charge in [0.15, 0.2) is 0 Å². The van der Waals surface area contributed by atoms with Gasteiger partial charge in [-0.05, 0) is 26.2 Å². The van der Waals surface area contributed by atoms with E-state index >= 15 is 0 Å². The lowest BCUT2D eigenvalue weighted by Gasteiger charge is -2.22. The van der Waals surface area contributed by atoms with Gasteiger partial charge in [0.25, 0.3) is 12.1 Å². The number of hydrogen-bond acceptors (Lipinski definition) is 8. The van der Waals surface area contributed by atoms with Gasteiger partial charge >= 0.3 is 0 Å². The fraction of sp³-hybridized carbons (Fsp3) is 0.308. The van der Waals surface area contributed by atoms with E-state index in [4.69, 9.17) is 4.74 Å². The largest absolute Gasteiger partial charge is 0.494 e. The quantitative estimate of drug-likeness (QED) is 0.215. The Balaban J connectivity index is 1.70. The van der Waals surface area contributed by atoms with Gasteiger partial charge in [0, 0.05) is 61.1 Å². The van der Waals surface area contributed by atoms with Gasteiger partial charge in [-0.1, -0.05) is 18.2 Å². The van der Waals surface area contributed by atoms with E-state index in [-0.39, 0.29) is 11.6 Å². The summed E-state index contributed by atoms with van der Waals surface area (Å²) in [4.78, 5) is 24.1.